The molecule has 0 aliphatic rings. The number of alkyl halides is 3. The molecule has 0 spiro atoms. The van der Waals surface area contributed by atoms with Crippen molar-refractivity contribution >= 4 is 34.3 Å². The Morgan fingerprint density at radius 1 is 0.975 bits per heavy atom. The molecule has 0 fully saturated rings. The molecular formula is C27H27F3N6O4. The third kappa shape index (κ3) is 6.08. The number of nitrogens with zero attached hydrogens (tertiary/aromatic N) is 2. The fourth-order valence-electron chi connectivity index (χ4n) is 3.82. The van der Waals surface area contributed by atoms with E-state index in [1.807, 2.05) is 20.8 Å². The molecular weight excluding hydrogens is 529 g/mol. The van der Waals surface area contributed by atoms with Gasteiger partial charge in [-0.25, -0.2) is 4.79 Å². The number of aromatic amines is 1. The molecule has 2 aromatic carbocycles. The van der Waals surface area contributed by atoms with Crippen LogP contribution in [0.5, 0.6) is 17.2 Å². The molecule has 4 N–H and O–H groups in total. The Labute approximate surface area is 227 Å². The molecule has 210 valence electrons. The van der Waals surface area contributed by atoms with Crippen LogP contribution in [-0.2, 0) is 11.6 Å². The number of fused-ring (bicyclic) bond motifs is 1. The van der Waals surface area contributed by atoms with E-state index >= 15 is 0 Å². The minimum atomic E-state index is -4.81. The van der Waals surface area contributed by atoms with Gasteiger partial charge in [0.05, 0.1) is 35.1 Å². The van der Waals surface area contributed by atoms with E-state index < -0.39 is 29.4 Å². The van der Waals surface area contributed by atoms with Gasteiger partial charge in [0.2, 0.25) is 0 Å². The number of urea groups is 1. The summed E-state index contributed by atoms with van der Waals surface area (Å²) in [7, 11) is 2.86. The highest BCUT2D eigenvalue weighted by molar-refractivity contribution is 6.02. The molecule has 10 nitrogen and oxygen atoms in total. The van der Waals surface area contributed by atoms with Crippen LogP contribution in [0.3, 0.4) is 0 Å². The Morgan fingerprint density at radius 2 is 1.73 bits per heavy atom. The Kier molecular flexibility index (Phi) is 7.58. The Balaban J connectivity index is 1.62. The fraction of sp³-hybridized carbons (Fsp3) is 0.259. The van der Waals surface area contributed by atoms with E-state index in [1.165, 1.54) is 44.6 Å². The van der Waals surface area contributed by atoms with E-state index in [1.54, 1.807) is 6.07 Å². The quantitative estimate of drug-likeness (QED) is 0.228. The van der Waals surface area contributed by atoms with Crippen LogP contribution in [0.4, 0.5) is 29.5 Å². The number of H-pyrrole nitrogens is 1. The molecule has 3 amide bonds. The molecule has 13 heteroatoms. The van der Waals surface area contributed by atoms with Crippen molar-refractivity contribution in [1.29, 1.82) is 0 Å². The van der Waals surface area contributed by atoms with Gasteiger partial charge in [0.1, 0.15) is 23.1 Å². The van der Waals surface area contributed by atoms with E-state index in [-0.39, 0.29) is 34.0 Å². The first kappa shape index (κ1) is 28.2. The minimum absolute atomic E-state index is 0.147. The summed E-state index contributed by atoms with van der Waals surface area (Å²) in [6.45, 7) is 5.79. The highest BCUT2D eigenvalue weighted by Crippen LogP contribution is 2.39. The zero-order valence-corrected chi connectivity index (χ0v) is 22.3. The summed E-state index contributed by atoms with van der Waals surface area (Å²) in [5.74, 6) is 0.0960. The molecule has 0 unspecified atom stereocenters. The third-order valence-corrected chi connectivity index (χ3v) is 5.86. The van der Waals surface area contributed by atoms with Gasteiger partial charge in [0.25, 0.3) is 5.91 Å². The fourth-order valence-corrected chi connectivity index (χ4v) is 3.82. The largest absolute Gasteiger partial charge is 0.496 e. The number of hydrogen-bond acceptors (Lipinski definition) is 6. The van der Waals surface area contributed by atoms with Gasteiger partial charge in [-0.15, -0.1) is 0 Å². The Hall–Kier alpha value is -4.81. The second-order valence-electron chi connectivity index (χ2n) is 9.76. The zero-order valence-electron chi connectivity index (χ0n) is 22.3. The number of carbonyl (C=O) groups excluding carboxylic acids is 2. The molecule has 4 rings (SSSR count). The molecule has 0 aliphatic heterocycles. The van der Waals surface area contributed by atoms with Crippen LogP contribution in [-0.4, -0.2) is 41.3 Å². The summed E-state index contributed by atoms with van der Waals surface area (Å²) >= 11 is 0. The number of anilines is 2. The maximum atomic E-state index is 14.0. The smallest absolute Gasteiger partial charge is 0.418 e. The molecule has 0 saturated heterocycles. The van der Waals surface area contributed by atoms with Gasteiger partial charge in [-0.3, -0.25) is 20.2 Å². The highest BCUT2D eigenvalue weighted by atomic mass is 19.4. The van der Waals surface area contributed by atoms with Crippen LogP contribution in [0, 0.1) is 0 Å². The molecule has 0 aliphatic carbocycles. The average Bonchev–Trinajstić information content (AvgIpc) is 3.37. The first-order valence-electron chi connectivity index (χ1n) is 12.0. The van der Waals surface area contributed by atoms with Crippen LogP contribution in [0.15, 0.2) is 48.7 Å². The molecule has 0 atom stereocenters. The second kappa shape index (κ2) is 10.8. The van der Waals surface area contributed by atoms with Crippen molar-refractivity contribution in [2.24, 2.45) is 0 Å². The SMILES string of the molecule is CNC(=O)c1cc2c(Oc3ccc(NC(=O)Nc4cc(C(C)(C)C)n[nH]4)c(C(F)(F)F)c3)ccnc2cc1OC. The maximum Gasteiger partial charge on any atom is 0.418 e. The van der Waals surface area contributed by atoms with Crippen molar-refractivity contribution in [3.05, 3.63) is 65.5 Å². The van der Waals surface area contributed by atoms with E-state index in [4.69, 9.17) is 9.47 Å². The molecule has 0 saturated carbocycles. The van der Waals surface area contributed by atoms with Gasteiger partial charge in [0.15, 0.2) is 0 Å². The third-order valence-electron chi connectivity index (χ3n) is 5.86. The number of methoxy groups -OCH3 is 1. The number of nitrogens with one attached hydrogen (secondary N) is 4. The summed E-state index contributed by atoms with van der Waals surface area (Å²) in [5, 5.41) is 14.3. The molecule has 0 radical (unpaired) electrons. The second-order valence-corrected chi connectivity index (χ2v) is 9.76. The maximum absolute atomic E-state index is 14.0. The molecule has 4 aromatic rings. The zero-order chi connectivity index (χ0) is 29.2. The first-order valence-corrected chi connectivity index (χ1v) is 12.0. The standard InChI is InChI=1S/C27H27F3N6O4/c1-26(2,3)22-13-23(36-35-22)34-25(38)33-18-7-6-14(10-17(18)27(28,29)30)40-20-8-9-32-19-12-21(39-5)16(11-15(19)20)24(37)31-4/h6-13H,1-5H3,(H,31,37)(H3,33,34,35,36,38). The lowest BCUT2D eigenvalue weighted by atomic mass is 9.92. The molecule has 40 heavy (non-hydrogen) atoms. The number of pyridine rings is 1. The van der Waals surface area contributed by atoms with E-state index in [0.29, 0.717) is 16.6 Å². The number of aromatic nitrogens is 3. The number of benzene rings is 2. The van der Waals surface area contributed by atoms with Crippen LogP contribution >= 0.6 is 0 Å². The number of hydrogen-bond donors (Lipinski definition) is 4. The number of amides is 3. The van der Waals surface area contributed by atoms with Gasteiger partial charge in [-0.05, 0) is 30.3 Å². The van der Waals surface area contributed by atoms with E-state index in [2.05, 4.69) is 31.1 Å². The van der Waals surface area contributed by atoms with Crippen molar-refractivity contribution in [3.8, 4) is 17.2 Å². The summed E-state index contributed by atoms with van der Waals surface area (Å²) < 4.78 is 53.0. The Bertz CT molecular complexity index is 1580. The van der Waals surface area contributed by atoms with Crippen LogP contribution in [0.1, 0.15) is 42.4 Å². The monoisotopic (exact) mass is 556 g/mol. The van der Waals surface area contributed by atoms with Gasteiger partial charge in [-0.2, -0.15) is 18.3 Å². The normalized spacial score (nSPS) is 11.7. The van der Waals surface area contributed by atoms with Gasteiger partial charge < -0.3 is 20.1 Å². The molecule has 2 aromatic heterocycles. The predicted octanol–water partition coefficient (Wildman–Crippen LogP) is 6.08. The first-order chi connectivity index (χ1) is 18.8. The summed E-state index contributed by atoms with van der Waals surface area (Å²) in [6, 6.07) is 8.35. The summed E-state index contributed by atoms with van der Waals surface area (Å²) in [4.78, 5) is 29.1. The van der Waals surface area contributed by atoms with Crippen molar-refractivity contribution in [3.63, 3.8) is 0 Å². The lowest BCUT2D eigenvalue weighted by Crippen LogP contribution is -2.22. The number of carbonyl (C=O) groups is 2. The Morgan fingerprint density at radius 3 is 2.35 bits per heavy atom. The highest BCUT2D eigenvalue weighted by Gasteiger charge is 2.35. The number of ether oxygens (including phenoxy) is 2. The molecule has 0 bridgehead atoms. The lowest BCUT2D eigenvalue weighted by Gasteiger charge is -2.17. The summed E-state index contributed by atoms with van der Waals surface area (Å²) in [5.41, 5.74) is -0.608. The van der Waals surface area contributed by atoms with Crippen molar-refractivity contribution in [2.75, 3.05) is 24.8 Å². The van der Waals surface area contributed by atoms with Crippen molar-refractivity contribution in [2.45, 2.75) is 32.4 Å². The number of rotatable bonds is 6. The topological polar surface area (TPSA) is 130 Å². The van der Waals surface area contributed by atoms with Crippen molar-refractivity contribution < 1.29 is 32.2 Å². The van der Waals surface area contributed by atoms with Crippen molar-refractivity contribution in [1.82, 2.24) is 20.5 Å². The van der Waals surface area contributed by atoms with Gasteiger partial charge in [-0.1, -0.05) is 20.8 Å². The van der Waals surface area contributed by atoms with E-state index in [9.17, 15) is 22.8 Å². The number of halogens is 3. The van der Waals surface area contributed by atoms with Crippen LogP contribution in [0.2, 0.25) is 0 Å². The van der Waals surface area contributed by atoms with Gasteiger partial charge in [0, 0.05) is 36.2 Å². The molecule has 2 heterocycles. The van der Waals surface area contributed by atoms with Crippen LogP contribution in [0.25, 0.3) is 10.9 Å². The average molecular weight is 557 g/mol. The van der Waals surface area contributed by atoms with Crippen LogP contribution < -0.4 is 25.4 Å². The lowest BCUT2D eigenvalue weighted by molar-refractivity contribution is -0.137. The van der Waals surface area contributed by atoms with E-state index in [0.717, 1.165) is 12.1 Å². The predicted molar refractivity (Wildman–Crippen MR) is 143 cm³/mol. The summed E-state index contributed by atoms with van der Waals surface area (Å²) in [6.07, 6.45) is -3.39. The van der Waals surface area contributed by atoms with Gasteiger partial charge >= 0.3 is 12.2 Å². The minimum Gasteiger partial charge on any atom is -0.496 e.